The second-order valence-corrected chi connectivity index (χ2v) is 8.53. The number of rotatable bonds is 6. The van der Waals surface area contributed by atoms with E-state index in [-0.39, 0.29) is 5.91 Å². The zero-order chi connectivity index (χ0) is 22.2. The van der Waals surface area contributed by atoms with Gasteiger partial charge in [-0.05, 0) is 50.0 Å². The van der Waals surface area contributed by atoms with E-state index in [1.54, 1.807) is 19.4 Å². The molecule has 0 aliphatic carbocycles. The summed E-state index contributed by atoms with van der Waals surface area (Å²) in [5.74, 6) is 2.46. The Balaban J connectivity index is 1.62. The monoisotopic (exact) mass is 426 g/mol. The molecule has 3 heterocycles. The quantitative estimate of drug-likeness (QED) is 0.744. The molecule has 2 aliphatic rings. The van der Waals surface area contributed by atoms with Crippen LogP contribution in [0.4, 0.5) is 0 Å². The first-order chi connectivity index (χ1) is 15.0. The first-order valence-corrected chi connectivity index (χ1v) is 11.1. The number of ether oxygens (including phenoxy) is 2. The molecule has 1 aromatic rings. The van der Waals surface area contributed by atoms with Crippen molar-refractivity contribution in [3.8, 4) is 11.5 Å². The Morgan fingerprint density at radius 2 is 2.03 bits per heavy atom. The Morgan fingerprint density at radius 1 is 1.26 bits per heavy atom. The Kier molecular flexibility index (Phi) is 8.09. The van der Waals surface area contributed by atoms with Gasteiger partial charge in [0.1, 0.15) is 11.5 Å². The molecule has 168 valence electrons. The SMILES string of the molecule is COc1cc(C(=O)N2CCC(/C3=C/C=C(/N)N=CCCC3)CC2)ncc1OCC(C)C. The highest BCUT2D eigenvalue weighted by molar-refractivity contribution is 5.93. The number of amides is 1. The molecule has 0 unspecified atom stereocenters. The maximum Gasteiger partial charge on any atom is 0.272 e. The van der Waals surface area contributed by atoms with Crippen LogP contribution in [0.1, 0.15) is 56.4 Å². The zero-order valence-corrected chi connectivity index (χ0v) is 18.8. The summed E-state index contributed by atoms with van der Waals surface area (Å²) in [6, 6.07) is 1.68. The van der Waals surface area contributed by atoms with Crippen molar-refractivity contribution in [2.24, 2.45) is 22.6 Å². The third kappa shape index (κ3) is 6.32. The van der Waals surface area contributed by atoms with Gasteiger partial charge in [0.2, 0.25) is 0 Å². The van der Waals surface area contributed by atoms with Crippen molar-refractivity contribution in [3.63, 3.8) is 0 Å². The summed E-state index contributed by atoms with van der Waals surface area (Å²) in [5, 5.41) is 0. The molecule has 3 rings (SSSR count). The number of hydrogen-bond donors (Lipinski definition) is 1. The number of piperidine rings is 1. The van der Waals surface area contributed by atoms with Crippen LogP contribution in [-0.4, -0.2) is 48.8 Å². The van der Waals surface area contributed by atoms with Crippen LogP contribution in [0.2, 0.25) is 0 Å². The van der Waals surface area contributed by atoms with E-state index in [2.05, 4.69) is 29.9 Å². The number of aromatic nitrogens is 1. The largest absolute Gasteiger partial charge is 0.493 e. The summed E-state index contributed by atoms with van der Waals surface area (Å²) in [6.45, 7) is 6.16. The van der Waals surface area contributed by atoms with E-state index in [1.165, 1.54) is 5.57 Å². The van der Waals surface area contributed by atoms with Gasteiger partial charge in [0, 0.05) is 25.4 Å². The fourth-order valence-corrected chi connectivity index (χ4v) is 3.91. The van der Waals surface area contributed by atoms with Crippen molar-refractivity contribution >= 4 is 12.1 Å². The highest BCUT2D eigenvalue weighted by Gasteiger charge is 2.27. The van der Waals surface area contributed by atoms with E-state index in [9.17, 15) is 4.79 Å². The minimum atomic E-state index is -0.0619. The molecule has 0 aromatic carbocycles. The van der Waals surface area contributed by atoms with Gasteiger partial charge >= 0.3 is 0 Å². The second-order valence-electron chi connectivity index (χ2n) is 8.53. The number of nitrogens with two attached hydrogens (primary N) is 1. The van der Waals surface area contributed by atoms with Crippen molar-refractivity contribution in [2.45, 2.75) is 46.0 Å². The fourth-order valence-electron chi connectivity index (χ4n) is 3.91. The number of methoxy groups -OCH3 is 1. The van der Waals surface area contributed by atoms with Gasteiger partial charge in [-0.25, -0.2) is 9.98 Å². The molecule has 7 heteroatoms. The third-order valence-electron chi connectivity index (χ3n) is 5.66. The average Bonchev–Trinajstić information content (AvgIpc) is 2.89. The van der Waals surface area contributed by atoms with E-state index >= 15 is 0 Å². The lowest BCUT2D eigenvalue weighted by molar-refractivity contribution is 0.0694. The van der Waals surface area contributed by atoms with Crippen molar-refractivity contribution in [3.05, 3.63) is 41.5 Å². The van der Waals surface area contributed by atoms with Crippen LogP contribution in [0.25, 0.3) is 0 Å². The Labute approximate surface area is 185 Å². The van der Waals surface area contributed by atoms with Crippen molar-refractivity contribution in [1.82, 2.24) is 9.88 Å². The van der Waals surface area contributed by atoms with Gasteiger partial charge in [0.15, 0.2) is 11.5 Å². The molecule has 1 saturated heterocycles. The van der Waals surface area contributed by atoms with Crippen molar-refractivity contribution < 1.29 is 14.3 Å². The Morgan fingerprint density at radius 3 is 2.74 bits per heavy atom. The smallest absolute Gasteiger partial charge is 0.272 e. The molecule has 0 bridgehead atoms. The van der Waals surface area contributed by atoms with Crippen LogP contribution in [0.5, 0.6) is 11.5 Å². The van der Waals surface area contributed by atoms with Crippen LogP contribution in [0.15, 0.2) is 40.8 Å². The summed E-state index contributed by atoms with van der Waals surface area (Å²) in [6.07, 6.45) is 12.4. The highest BCUT2D eigenvalue weighted by atomic mass is 16.5. The maximum atomic E-state index is 13.0. The molecule has 1 amide bonds. The first-order valence-electron chi connectivity index (χ1n) is 11.1. The van der Waals surface area contributed by atoms with Crippen molar-refractivity contribution in [1.29, 1.82) is 0 Å². The molecule has 2 aliphatic heterocycles. The maximum absolute atomic E-state index is 13.0. The van der Waals surface area contributed by atoms with Crippen LogP contribution in [0.3, 0.4) is 0 Å². The molecule has 0 saturated carbocycles. The standard InChI is InChI=1S/C24H34N4O3/c1-17(2)16-31-22-15-27-20(14-21(22)30-3)24(29)28-12-9-19(10-13-28)18-6-4-5-11-26-23(25)8-7-18/h7-8,11,14-15,17,19H,4-6,9-10,12-13,16,25H2,1-3H3/b18-7+,23-8-,26-11?. The molecule has 1 aromatic heterocycles. The van der Waals surface area contributed by atoms with Gasteiger partial charge in [-0.15, -0.1) is 0 Å². The van der Waals surface area contributed by atoms with Crippen LogP contribution in [-0.2, 0) is 0 Å². The predicted octanol–water partition coefficient (Wildman–Crippen LogP) is 3.96. The minimum Gasteiger partial charge on any atom is -0.493 e. The lowest BCUT2D eigenvalue weighted by Gasteiger charge is -2.33. The fraction of sp³-hybridized carbons (Fsp3) is 0.542. The molecule has 0 radical (unpaired) electrons. The second kappa shape index (κ2) is 11.0. The Bertz CT molecular complexity index is 852. The molecular formula is C24H34N4O3. The number of hydrogen-bond acceptors (Lipinski definition) is 6. The molecule has 0 atom stereocenters. The third-order valence-corrected chi connectivity index (χ3v) is 5.66. The molecule has 7 nitrogen and oxygen atoms in total. The van der Waals surface area contributed by atoms with Gasteiger partial charge in [-0.3, -0.25) is 4.79 Å². The first kappa shape index (κ1) is 22.8. The van der Waals surface area contributed by atoms with Crippen LogP contribution >= 0.6 is 0 Å². The van der Waals surface area contributed by atoms with Gasteiger partial charge in [-0.2, -0.15) is 0 Å². The number of pyridine rings is 1. The lowest BCUT2D eigenvalue weighted by Crippen LogP contribution is -2.39. The number of carbonyl (C=O) groups is 1. The number of allylic oxidation sites excluding steroid dienone is 3. The lowest BCUT2D eigenvalue weighted by atomic mass is 9.86. The summed E-state index contributed by atoms with van der Waals surface area (Å²) >= 11 is 0. The summed E-state index contributed by atoms with van der Waals surface area (Å²) in [4.78, 5) is 23.5. The highest BCUT2D eigenvalue weighted by Crippen LogP contribution is 2.31. The van der Waals surface area contributed by atoms with Crippen LogP contribution in [0, 0.1) is 11.8 Å². The van der Waals surface area contributed by atoms with Gasteiger partial charge < -0.3 is 20.1 Å². The molecule has 0 spiro atoms. The molecule has 1 fully saturated rings. The molecule has 31 heavy (non-hydrogen) atoms. The molecule has 2 N–H and O–H groups in total. The van der Waals surface area contributed by atoms with E-state index in [0.29, 0.717) is 54.5 Å². The van der Waals surface area contributed by atoms with Crippen molar-refractivity contribution in [2.75, 3.05) is 26.8 Å². The topological polar surface area (TPSA) is 90.0 Å². The van der Waals surface area contributed by atoms with E-state index in [1.807, 2.05) is 17.2 Å². The average molecular weight is 427 g/mol. The minimum absolute atomic E-state index is 0.0619. The summed E-state index contributed by atoms with van der Waals surface area (Å²) in [5.41, 5.74) is 7.70. The van der Waals surface area contributed by atoms with Gasteiger partial charge in [0.05, 0.1) is 19.9 Å². The number of likely N-dealkylation sites (tertiary alicyclic amines) is 1. The summed E-state index contributed by atoms with van der Waals surface area (Å²) < 4.78 is 11.2. The number of aliphatic imine (C=N–C) groups is 1. The van der Waals surface area contributed by atoms with E-state index in [0.717, 1.165) is 32.1 Å². The van der Waals surface area contributed by atoms with Gasteiger partial charge in [-0.1, -0.05) is 25.5 Å². The van der Waals surface area contributed by atoms with Crippen LogP contribution < -0.4 is 15.2 Å². The number of carbonyl (C=O) groups excluding carboxylic acids is 1. The Hall–Kier alpha value is -2.83. The number of nitrogens with zero attached hydrogens (tertiary/aromatic N) is 3. The van der Waals surface area contributed by atoms with E-state index in [4.69, 9.17) is 15.2 Å². The summed E-state index contributed by atoms with van der Waals surface area (Å²) in [7, 11) is 1.58. The van der Waals surface area contributed by atoms with Gasteiger partial charge in [0.25, 0.3) is 5.91 Å². The zero-order valence-electron chi connectivity index (χ0n) is 18.8. The predicted molar refractivity (Wildman–Crippen MR) is 122 cm³/mol. The normalized spacial score (nSPS) is 21.4. The molecular weight excluding hydrogens is 392 g/mol. The van der Waals surface area contributed by atoms with E-state index < -0.39 is 0 Å².